The number of nitrogens with one attached hydrogen (secondary N) is 1. The summed E-state index contributed by atoms with van der Waals surface area (Å²) in [5.74, 6) is 0.996. The first-order chi connectivity index (χ1) is 7.25. The molecule has 0 aromatic carbocycles. The predicted molar refractivity (Wildman–Crippen MR) is 70.7 cm³/mol. The molecular weight excluding hydrogens is 294 g/mol. The Balaban J connectivity index is 1.64. The lowest BCUT2D eigenvalue weighted by Crippen LogP contribution is -2.20. The lowest BCUT2D eigenvalue weighted by Gasteiger charge is -2.25. The van der Waals surface area contributed by atoms with Crippen LogP contribution >= 0.6 is 38.9 Å². The van der Waals surface area contributed by atoms with E-state index in [2.05, 4.69) is 27.3 Å². The number of hydrogen-bond acceptors (Lipinski definition) is 2. The molecular formula is C11H15BrClNS. The van der Waals surface area contributed by atoms with Crippen molar-refractivity contribution in [3.05, 3.63) is 19.8 Å². The molecule has 1 aliphatic carbocycles. The lowest BCUT2D eigenvalue weighted by molar-refractivity contribution is 0.292. The smallest absolute Gasteiger partial charge is 0.107 e. The predicted octanol–water partition coefficient (Wildman–Crippen LogP) is 4.44. The van der Waals surface area contributed by atoms with E-state index in [4.69, 9.17) is 11.6 Å². The summed E-state index contributed by atoms with van der Waals surface area (Å²) in [6, 6.07) is 2.10. The van der Waals surface area contributed by atoms with Crippen molar-refractivity contribution in [3.63, 3.8) is 0 Å². The van der Waals surface area contributed by atoms with E-state index < -0.39 is 0 Å². The van der Waals surface area contributed by atoms with E-state index in [0.29, 0.717) is 0 Å². The molecule has 1 N–H and O–H groups in total. The van der Waals surface area contributed by atoms with Crippen molar-refractivity contribution >= 4 is 38.9 Å². The Morgan fingerprint density at radius 1 is 1.53 bits per heavy atom. The molecule has 0 radical (unpaired) electrons. The minimum absolute atomic E-state index is 0.853. The van der Waals surface area contributed by atoms with Crippen LogP contribution in [-0.4, -0.2) is 6.54 Å². The van der Waals surface area contributed by atoms with Crippen molar-refractivity contribution in [3.8, 4) is 0 Å². The second kappa shape index (κ2) is 5.67. The highest BCUT2D eigenvalue weighted by Gasteiger charge is 2.16. The van der Waals surface area contributed by atoms with Crippen LogP contribution in [0, 0.1) is 5.92 Å². The quantitative estimate of drug-likeness (QED) is 0.793. The zero-order chi connectivity index (χ0) is 10.7. The van der Waals surface area contributed by atoms with E-state index in [1.807, 2.05) is 0 Å². The number of halogens is 2. The molecule has 1 saturated carbocycles. The molecule has 1 aromatic rings. The van der Waals surface area contributed by atoms with E-state index in [9.17, 15) is 0 Å². The Bertz CT molecular complexity index is 303. The van der Waals surface area contributed by atoms with Crippen molar-refractivity contribution in [1.29, 1.82) is 0 Å². The maximum atomic E-state index is 5.97. The van der Waals surface area contributed by atoms with E-state index in [1.165, 1.54) is 30.6 Å². The molecule has 1 aromatic heterocycles. The van der Waals surface area contributed by atoms with Gasteiger partial charge in [0.2, 0.25) is 0 Å². The van der Waals surface area contributed by atoms with Crippen LogP contribution < -0.4 is 5.32 Å². The fourth-order valence-electron chi connectivity index (χ4n) is 1.78. The van der Waals surface area contributed by atoms with Crippen molar-refractivity contribution < 1.29 is 0 Å². The first-order valence-electron chi connectivity index (χ1n) is 5.40. The molecule has 1 heterocycles. The SMILES string of the molecule is Clc1sc(CNCCC2CCC2)cc1Br. The standard InChI is InChI=1S/C11H15BrClNS/c12-10-6-9(15-11(10)13)7-14-5-4-8-2-1-3-8/h6,8,14H,1-5,7H2. The van der Waals surface area contributed by atoms with Gasteiger partial charge in [-0.2, -0.15) is 0 Å². The molecule has 1 fully saturated rings. The largest absolute Gasteiger partial charge is 0.312 e. The topological polar surface area (TPSA) is 12.0 Å². The van der Waals surface area contributed by atoms with Gasteiger partial charge in [0.1, 0.15) is 4.34 Å². The van der Waals surface area contributed by atoms with Crippen LogP contribution in [0.2, 0.25) is 4.34 Å². The molecule has 0 aliphatic heterocycles. The number of rotatable bonds is 5. The molecule has 0 spiro atoms. The minimum Gasteiger partial charge on any atom is -0.312 e. The fourth-order valence-corrected chi connectivity index (χ4v) is 3.54. The van der Waals surface area contributed by atoms with Crippen LogP contribution in [0.4, 0.5) is 0 Å². The third kappa shape index (κ3) is 3.45. The van der Waals surface area contributed by atoms with Crippen molar-refractivity contribution in [1.82, 2.24) is 5.32 Å². The Labute approximate surface area is 108 Å². The summed E-state index contributed by atoms with van der Waals surface area (Å²) < 4.78 is 1.87. The van der Waals surface area contributed by atoms with E-state index in [0.717, 1.165) is 27.8 Å². The lowest BCUT2D eigenvalue weighted by atomic mass is 9.83. The van der Waals surface area contributed by atoms with Gasteiger partial charge in [-0.25, -0.2) is 0 Å². The van der Waals surface area contributed by atoms with Gasteiger partial charge in [0.05, 0.1) is 0 Å². The van der Waals surface area contributed by atoms with Crippen molar-refractivity contribution in [2.24, 2.45) is 5.92 Å². The number of thiophene rings is 1. The van der Waals surface area contributed by atoms with Crippen LogP contribution in [0.3, 0.4) is 0 Å². The van der Waals surface area contributed by atoms with E-state index >= 15 is 0 Å². The van der Waals surface area contributed by atoms with Crippen molar-refractivity contribution in [2.75, 3.05) is 6.54 Å². The number of hydrogen-bond donors (Lipinski definition) is 1. The summed E-state index contributed by atoms with van der Waals surface area (Å²) in [7, 11) is 0. The van der Waals surface area contributed by atoms with Crippen LogP contribution in [0.15, 0.2) is 10.5 Å². The second-order valence-electron chi connectivity index (χ2n) is 4.10. The molecule has 15 heavy (non-hydrogen) atoms. The van der Waals surface area contributed by atoms with Crippen LogP contribution in [0.1, 0.15) is 30.6 Å². The monoisotopic (exact) mass is 307 g/mol. The van der Waals surface area contributed by atoms with E-state index in [1.54, 1.807) is 11.3 Å². The van der Waals surface area contributed by atoms with Gasteiger partial charge in [-0.15, -0.1) is 11.3 Å². The highest BCUT2D eigenvalue weighted by atomic mass is 79.9. The Hall–Kier alpha value is 0.430. The molecule has 0 amide bonds. The maximum absolute atomic E-state index is 5.97. The molecule has 1 nitrogen and oxygen atoms in total. The third-order valence-corrected chi connectivity index (χ3v) is 5.42. The average molecular weight is 309 g/mol. The van der Waals surface area contributed by atoms with E-state index in [-0.39, 0.29) is 0 Å². The fraction of sp³-hybridized carbons (Fsp3) is 0.636. The van der Waals surface area contributed by atoms with Gasteiger partial charge >= 0.3 is 0 Å². The molecule has 1 aliphatic rings. The molecule has 2 rings (SSSR count). The first kappa shape index (κ1) is 11.9. The van der Waals surface area contributed by atoms with Gasteiger partial charge in [-0.05, 0) is 40.9 Å². The second-order valence-corrected chi connectivity index (χ2v) is 6.69. The summed E-state index contributed by atoms with van der Waals surface area (Å²) in [4.78, 5) is 1.31. The molecule has 0 saturated heterocycles. The molecule has 0 atom stereocenters. The van der Waals surface area contributed by atoms with Gasteiger partial charge in [-0.3, -0.25) is 0 Å². The summed E-state index contributed by atoms with van der Waals surface area (Å²) >= 11 is 11.0. The van der Waals surface area contributed by atoms with Gasteiger partial charge in [0, 0.05) is 15.9 Å². The zero-order valence-electron chi connectivity index (χ0n) is 8.56. The zero-order valence-corrected chi connectivity index (χ0v) is 11.7. The maximum Gasteiger partial charge on any atom is 0.107 e. The van der Waals surface area contributed by atoms with Gasteiger partial charge < -0.3 is 5.32 Å². The minimum atomic E-state index is 0.853. The summed E-state index contributed by atoms with van der Waals surface area (Å²) in [6.45, 7) is 2.08. The van der Waals surface area contributed by atoms with Crippen LogP contribution in [0.25, 0.3) is 0 Å². The van der Waals surface area contributed by atoms with Gasteiger partial charge in [-0.1, -0.05) is 30.9 Å². The average Bonchev–Trinajstić information content (AvgIpc) is 2.43. The Kier molecular flexibility index (Phi) is 4.50. The molecule has 84 valence electrons. The highest BCUT2D eigenvalue weighted by Crippen LogP contribution is 2.32. The summed E-state index contributed by atoms with van der Waals surface area (Å²) in [6.07, 6.45) is 5.66. The van der Waals surface area contributed by atoms with Crippen LogP contribution in [0.5, 0.6) is 0 Å². The van der Waals surface area contributed by atoms with Crippen molar-refractivity contribution in [2.45, 2.75) is 32.2 Å². The van der Waals surface area contributed by atoms with Crippen LogP contribution in [-0.2, 0) is 6.54 Å². The van der Waals surface area contributed by atoms with Gasteiger partial charge in [0.15, 0.2) is 0 Å². The molecule has 4 heteroatoms. The Morgan fingerprint density at radius 3 is 2.87 bits per heavy atom. The third-order valence-electron chi connectivity index (χ3n) is 2.95. The molecule has 0 unspecified atom stereocenters. The summed E-state index contributed by atoms with van der Waals surface area (Å²) in [5.41, 5.74) is 0. The summed E-state index contributed by atoms with van der Waals surface area (Å²) in [5, 5.41) is 3.47. The highest BCUT2D eigenvalue weighted by molar-refractivity contribution is 9.10. The molecule has 0 bridgehead atoms. The Morgan fingerprint density at radius 2 is 2.33 bits per heavy atom. The van der Waals surface area contributed by atoms with Gasteiger partial charge in [0.25, 0.3) is 0 Å². The normalized spacial score (nSPS) is 16.7. The first-order valence-corrected chi connectivity index (χ1v) is 7.39.